The number of nitrogens with one attached hydrogen (secondary N) is 2. The van der Waals surface area contributed by atoms with Crippen LogP contribution in [-0.2, 0) is 0 Å². The first-order chi connectivity index (χ1) is 10.2. The normalized spacial score (nSPS) is 10.4. The van der Waals surface area contributed by atoms with E-state index in [0.717, 1.165) is 30.9 Å². The Bertz CT molecular complexity index is 436. The highest BCUT2D eigenvalue weighted by atomic mass is 16.6. The van der Waals surface area contributed by atoms with Crippen molar-refractivity contribution < 1.29 is 4.92 Å². The maximum absolute atomic E-state index is 10.9. The lowest BCUT2D eigenvalue weighted by atomic mass is 10.1. The zero-order valence-corrected chi connectivity index (χ0v) is 13.2. The third-order valence-electron chi connectivity index (χ3n) is 3.37. The number of nitro benzene ring substituents is 1. The number of benzene rings is 1. The van der Waals surface area contributed by atoms with Crippen molar-refractivity contribution in [3.63, 3.8) is 0 Å². The summed E-state index contributed by atoms with van der Waals surface area (Å²) in [4.78, 5) is 10.6. The van der Waals surface area contributed by atoms with Crippen LogP contribution >= 0.6 is 0 Å². The highest BCUT2D eigenvalue weighted by molar-refractivity contribution is 5.63. The van der Waals surface area contributed by atoms with Crippen molar-refractivity contribution in [3.05, 3.63) is 28.3 Å². The molecule has 0 bridgehead atoms. The lowest BCUT2D eigenvalue weighted by Crippen LogP contribution is -2.04. The Morgan fingerprint density at radius 2 is 1.57 bits per heavy atom. The summed E-state index contributed by atoms with van der Waals surface area (Å²) in [5.74, 6) is 0. The van der Waals surface area contributed by atoms with E-state index >= 15 is 0 Å². The van der Waals surface area contributed by atoms with Crippen LogP contribution < -0.4 is 10.6 Å². The molecule has 0 fully saturated rings. The SMILES string of the molecule is CCCCCCCCNc1cc(NCC)cc([N+](=O)[O-])c1. The Labute approximate surface area is 127 Å². The lowest BCUT2D eigenvalue weighted by molar-refractivity contribution is -0.384. The Kier molecular flexibility index (Phi) is 8.24. The van der Waals surface area contributed by atoms with Crippen LogP contribution in [0, 0.1) is 10.1 Å². The first-order valence-corrected chi connectivity index (χ1v) is 7.94. The number of non-ortho nitro benzene ring substituents is 1. The molecule has 5 nitrogen and oxygen atoms in total. The molecular formula is C16H27N3O2. The Balaban J connectivity index is 2.44. The second kappa shape index (κ2) is 10.0. The topological polar surface area (TPSA) is 67.2 Å². The second-order valence-corrected chi connectivity index (χ2v) is 5.25. The van der Waals surface area contributed by atoms with Gasteiger partial charge in [-0.3, -0.25) is 10.1 Å². The second-order valence-electron chi connectivity index (χ2n) is 5.25. The van der Waals surface area contributed by atoms with Crippen molar-refractivity contribution >= 4 is 17.1 Å². The third-order valence-corrected chi connectivity index (χ3v) is 3.37. The van der Waals surface area contributed by atoms with Gasteiger partial charge in [-0.2, -0.15) is 0 Å². The fourth-order valence-electron chi connectivity index (χ4n) is 2.26. The molecule has 0 amide bonds. The molecule has 1 aromatic rings. The number of hydrogen-bond acceptors (Lipinski definition) is 4. The molecule has 0 radical (unpaired) electrons. The summed E-state index contributed by atoms with van der Waals surface area (Å²) in [7, 11) is 0. The minimum Gasteiger partial charge on any atom is -0.385 e. The summed E-state index contributed by atoms with van der Waals surface area (Å²) in [5.41, 5.74) is 1.73. The molecule has 0 saturated carbocycles. The molecule has 0 spiro atoms. The molecule has 0 atom stereocenters. The fraction of sp³-hybridized carbons (Fsp3) is 0.625. The van der Waals surface area contributed by atoms with Gasteiger partial charge in [-0.1, -0.05) is 39.0 Å². The molecular weight excluding hydrogens is 266 g/mol. The summed E-state index contributed by atoms with van der Waals surface area (Å²) in [5, 5.41) is 17.3. The van der Waals surface area contributed by atoms with Gasteiger partial charge in [0.25, 0.3) is 5.69 Å². The van der Waals surface area contributed by atoms with E-state index in [-0.39, 0.29) is 10.6 Å². The summed E-state index contributed by atoms with van der Waals surface area (Å²) in [6.07, 6.45) is 7.46. The van der Waals surface area contributed by atoms with Gasteiger partial charge in [-0.05, 0) is 19.4 Å². The van der Waals surface area contributed by atoms with E-state index < -0.39 is 0 Å². The van der Waals surface area contributed by atoms with Crippen molar-refractivity contribution in [1.82, 2.24) is 0 Å². The molecule has 118 valence electrons. The molecule has 0 aliphatic rings. The fourth-order valence-corrected chi connectivity index (χ4v) is 2.26. The van der Waals surface area contributed by atoms with Crippen molar-refractivity contribution in [2.45, 2.75) is 52.4 Å². The predicted molar refractivity (Wildman–Crippen MR) is 89.1 cm³/mol. The van der Waals surface area contributed by atoms with E-state index in [0.29, 0.717) is 0 Å². The van der Waals surface area contributed by atoms with Crippen LogP contribution in [0.15, 0.2) is 18.2 Å². The first kappa shape index (κ1) is 17.3. The van der Waals surface area contributed by atoms with Gasteiger partial charge in [-0.25, -0.2) is 0 Å². The molecule has 1 rings (SSSR count). The number of nitrogens with zero attached hydrogens (tertiary/aromatic N) is 1. The van der Waals surface area contributed by atoms with Crippen molar-refractivity contribution in [3.8, 4) is 0 Å². The third kappa shape index (κ3) is 6.97. The van der Waals surface area contributed by atoms with Crippen LogP contribution in [0.3, 0.4) is 0 Å². The van der Waals surface area contributed by atoms with Gasteiger partial charge in [0.1, 0.15) is 0 Å². The van der Waals surface area contributed by atoms with Gasteiger partial charge in [-0.15, -0.1) is 0 Å². The zero-order chi connectivity index (χ0) is 15.5. The largest absolute Gasteiger partial charge is 0.385 e. The molecule has 0 saturated heterocycles. The number of rotatable bonds is 11. The average Bonchev–Trinajstić information content (AvgIpc) is 2.46. The predicted octanol–water partition coefficient (Wildman–Crippen LogP) is 4.80. The minimum atomic E-state index is -0.350. The maximum atomic E-state index is 10.9. The van der Waals surface area contributed by atoms with Crippen LogP contribution in [-0.4, -0.2) is 18.0 Å². The molecule has 0 aliphatic heterocycles. The van der Waals surface area contributed by atoms with E-state index in [9.17, 15) is 10.1 Å². The molecule has 1 aromatic carbocycles. The van der Waals surface area contributed by atoms with E-state index in [1.54, 1.807) is 12.1 Å². The van der Waals surface area contributed by atoms with Crippen LogP contribution in [0.1, 0.15) is 52.4 Å². The van der Waals surface area contributed by atoms with Gasteiger partial charge in [0.15, 0.2) is 0 Å². The monoisotopic (exact) mass is 293 g/mol. The lowest BCUT2D eigenvalue weighted by Gasteiger charge is -2.09. The standard InChI is InChI=1S/C16H27N3O2/c1-3-5-6-7-8-9-10-18-15-11-14(17-4-2)12-16(13-15)19(20)21/h11-13,17-18H,3-10H2,1-2H3. The molecule has 2 N–H and O–H groups in total. The number of nitro groups is 1. The molecule has 0 heterocycles. The average molecular weight is 293 g/mol. The quantitative estimate of drug-likeness (QED) is 0.349. The van der Waals surface area contributed by atoms with Gasteiger partial charge < -0.3 is 10.6 Å². The molecule has 21 heavy (non-hydrogen) atoms. The van der Waals surface area contributed by atoms with Crippen molar-refractivity contribution in [1.29, 1.82) is 0 Å². The summed E-state index contributed by atoms with van der Waals surface area (Å²) in [6, 6.07) is 5.09. The maximum Gasteiger partial charge on any atom is 0.273 e. The number of anilines is 2. The van der Waals surface area contributed by atoms with Crippen molar-refractivity contribution in [2.75, 3.05) is 23.7 Å². The molecule has 0 aromatic heterocycles. The smallest absolute Gasteiger partial charge is 0.273 e. The zero-order valence-electron chi connectivity index (χ0n) is 13.2. The van der Waals surface area contributed by atoms with Crippen LogP contribution in [0.4, 0.5) is 17.1 Å². The first-order valence-electron chi connectivity index (χ1n) is 7.94. The Morgan fingerprint density at radius 3 is 2.19 bits per heavy atom. The van der Waals surface area contributed by atoms with E-state index in [4.69, 9.17) is 0 Å². The molecule has 0 aliphatic carbocycles. The van der Waals surface area contributed by atoms with Gasteiger partial charge in [0, 0.05) is 36.6 Å². The summed E-state index contributed by atoms with van der Waals surface area (Å²) in [6.45, 7) is 5.80. The van der Waals surface area contributed by atoms with Gasteiger partial charge >= 0.3 is 0 Å². The molecule has 5 heteroatoms. The van der Waals surface area contributed by atoms with E-state index in [1.807, 2.05) is 13.0 Å². The summed E-state index contributed by atoms with van der Waals surface area (Å²) >= 11 is 0. The van der Waals surface area contributed by atoms with Crippen LogP contribution in [0.25, 0.3) is 0 Å². The van der Waals surface area contributed by atoms with Crippen LogP contribution in [0.2, 0.25) is 0 Å². The number of hydrogen-bond donors (Lipinski definition) is 2. The Hall–Kier alpha value is -1.78. The van der Waals surface area contributed by atoms with Gasteiger partial charge in [0.05, 0.1) is 4.92 Å². The van der Waals surface area contributed by atoms with Crippen LogP contribution in [0.5, 0.6) is 0 Å². The van der Waals surface area contributed by atoms with E-state index in [2.05, 4.69) is 17.6 Å². The minimum absolute atomic E-state index is 0.124. The Morgan fingerprint density at radius 1 is 0.952 bits per heavy atom. The molecule has 0 unspecified atom stereocenters. The van der Waals surface area contributed by atoms with E-state index in [1.165, 1.54) is 32.1 Å². The highest BCUT2D eigenvalue weighted by Gasteiger charge is 2.09. The highest BCUT2D eigenvalue weighted by Crippen LogP contribution is 2.24. The number of unbranched alkanes of at least 4 members (excludes halogenated alkanes) is 5. The summed E-state index contributed by atoms with van der Waals surface area (Å²) < 4.78 is 0. The van der Waals surface area contributed by atoms with Crippen molar-refractivity contribution in [2.24, 2.45) is 0 Å². The van der Waals surface area contributed by atoms with Gasteiger partial charge in [0.2, 0.25) is 0 Å².